The Balaban J connectivity index is 1.54. The number of likely N-dealkylation sites (tertiary alicyclic amines) is 1. The molecule has 1 aliphatic rings. The summed E-state index contributed by atoms with van der Waals surface area (Å²) in [6, 6.07) is 14.0. The zero-order chi connectivity index (χ0) is 20.2. The number of pyridine rings is 2. The molecule has 1 aliphatic heterocycles. The van der Waals surface area contributed by atoms with Gasteiger partial charge in [-0.05, 0) is 48.1 Å². The molecule has 0 aliphatic carbocycles. The Labute approximate surface area is 171 Å². The molecule has 1 saturated heterocycles. The summed E-state index contributed by atoms with van der Waals surface area (Å²) in [6.07, 6.45) is 7.55. The van der Waals surface area contributed by atoms with Crippen LogP contribution < -0.4 is 0 Å². The molecule has 0 bridgehead atoms. The van der Waals surface area contributed by atoms with Crippen LogP contribution in [0, 0.1) is 17.2 Å². The minimum Gasteiger partial charge on any atom is -0.342 e. The van der Waals surface area contributed by atoms with Gasteiger partial charge in [-0.2, -0.15) is 5.26 Å². The zero-order valence-electron chi connectivity index (χ0n) is 16.6. The number of nitrogens with zero attached hydrogens (tertiary/aromatic N) is 4. The number of hydrogen-bond acceptors (Lipinski definition) is 4. The van der Waals surface area contributed by atoms with Gasteiger partial charge >= 0.3 is 0 Å². The van der Waals surface area contributed by atoms with Gasteiger partial charge in [0, 0.05) is 49.4 Å². The van der Waals surface area contributed by atoms with Crippen molar-refractivity contribution >= 4 is 16.8 Å². The number of rotatable bonds is 4. The molecule has 29 heavy (non-hydrogen) atoms. The number of hydrogen-bond donors (Lipinski definition) is 0. The van der Waals surface area contributed by atoms with Crippen molar-refractivity contribution in [3.8, 4) is 6.07 Å². The maximum Gasteiger partial charge on any atom is 0.222 e. The van der Waals surface area contributed by atoms with Crippen molar-refractivity contribution in [3.05, 3.63) is 71.7 Å². The number of aryl methyl sites for hydroxylation is 1. The summed E-state index contributed by atoms with van der Waals surface area (Å²) >= 11 is 0. The molecule has 1 unspecified atom stereocenters. The van der Waals surface area contributed by atoms with Crippen LogP contribution in [0.3, 0.4) is 0 Å². The summed E-state index contributed by atoms with van der Waals surface area (Å²) in [7, 11) is 0. The summed E-state index contributed by atoms with van der Waals surface area (Å²) in [6.45, 7) is 3.72. The number of piperidine rings is 1. The Morgan fingerprint density at radius 1 is 1.21 bits per heavy atom. The third-order valence-electron chi connectivity index (χ3n) is 5.73. The molecule has 2 atom stereocenters. The maximum absolute atomic E-state index is 12.9. The highest BCUT2D eigenvalue weighted by Gasteiger charge is 2.29. The Morgan fingerprint density at radius 3 is 2.86 bits per heavy atom. The molecule has 0 N–H and O–H groups in total. The lowest BCUT2D eigenvalue weighted by molar-refractivity contribution is -0.133. The fourth-order valence-electron chi connectivity index (χ4n) is 4.38. The first kappa shape index (κ1) is 19.1. The van der Waals surface area contributed by atoms with Crippen LogP contribution in [-0.2, 0) is 11.2 Å². The highest BCUT2D eigenvalue weighted by Crippen LogP contribution is 2.35. The molecule has 0 saturated carbocycles. The van der Waals surface area contributed by atoms with Crippen LogP contribution in [0.15, 0.2) is 55.0 Å². The van der Waals surface area contributed by atoms with Gasteiger partial charge in [0.2, 0.25) is 5.91 Å². The van der Waals surface area contributed by atoms with Gasteiger partial charge in [0.15, 0.2) is 0 Å². The molecule has 5 heteroatoms. The van der Waals surface area contributed by atoms with Crippen molar-refractivity contribution in [2.24, 2.45) is 5.92 Å². The number of amides is 1. The fraction of sp³-hybridized carbons (Fsp3) is 0.333. The van der Waals surface area contributed by atoms with Crippen molar-refractivity contribution in [2.75, 3.05) is 13.1 Å². The molecular weight excluding hydrogens is 360 g/mol. The van der Waals surface area contributed by atoms with E-state index in [0.717, 1.165) is 29.4 Å². The number of fused-ring (bicyclic) bond motifs is 1. The van der Waals surface area contributed by atoms with E-state index >= 15 is 0 Å². The van der Waals surface area contributed by atoms with Crippen LogP contribution in [0.2, 0.25) is 0 Å². The molecular formula is C24H24N4O. The summed E-state index contributed by atoms with van der Waals surface area (Å²) in [4.78, 5) is 23.5. The van der Waals surface area contributed by atoms with E-state index in [0.29, 0.717) is 30.9 Å². The van der Waals surface area contributed by atoms with Crippen LogP contribution in [0.5, 0.6) is 0 Å². The smallest absolute Gasteiger partial charge is 0.222 e. The minimum atomic E-state index is 0.196. The molecule has 1 aromatic carbocycles. The summed E-state index contributed by atoms with van der Waals surface area (Å²) in [5.74, 6) is 0.875. The van der Waals surface area contributed by atoms with Crippen molar-refractivity contribution < 1.29 is 4.79 Å². The molecule has 3 heterocycles. The minimum absolute atomic E-state index is 0.196. The van der Waals surface area contributed by atoms with Crippen molar-refractivity contribution in [1.29, 1.82) is 5.26 Å². The van der Waals surface area contributed by atoms with Gasteiger partial charge in [-0.3, -0.25) is 14.8 Å². The SMILES string of the molecule is CC1C[C@H](c2ccc(C#N)c3ncccc23)CN(C(=O)CCc2cccnc2)C1. The predicted molar refractivity (Wildman–Crippen MR) is 112 cm³/mol. The predicted octanol–water partition coefficient (Wildman–Crippen LogP) is 4.09. The van der Waals surface area contributed by atoms with Gasteiger partial charge < -0.3 is 4.90 Å². The highest BCUT2D eigenvalue weighted by atomic mass is 16.2. The number of nitriles is 1. The topological polar surface area (TPSA) is 69.9 Å². The zero-order valence-corrected chi connectivity index (χ0v) is 16.6. The lowest BCUT2D eigenvalue weighted by atomic mass is 9.83. The molecule has 0 spiro atoms. The second kappa shape index (κ2) is 8.40. The Hall–Kier alpha value is -3.26. The third-order valence-corrected chi connectivity index (χ3v) is 5.73. The molecule has 2 aromatic heterocycles. The molecule has 146 valence electrons. The number of benzene rings is 1. The van der Waals surface area contributed by atoms with Gasteiger partial charge in [0.1, 0.15) is 6.07 Å². The average Bonchev–Trinajstić information content (AvgIpc) is 2.77. The standard InChI is InChI=1S/C24H24N4O/c1-17-12-20(21-8-7-19(13-25)24-22(21)5-3-11-27-24)16-28(15-17)23(29)9-6-18-4-2-10-26-14-18/h2-5,7-8,10-11,14,17,20H,6,9,12,15-16H2,1H3/t17?,20-/m0/s1. The third kappa shape index (κ3) is 4.12. The summed E-state index contributed by atoms with van der Waals surface area (Å²) in [5.41, 5.74) is 3.62. The van der Waals surface area contributed by atoms with E-state index < -0.39 is 0 Å². The Kier molecular flexibility index (Phi) is 5.53. The Morgan fingerprint density at radius 2 is 2.07 bits per heavy atom. The highest BCUT2D eigenvalue weighted by molar-refractivity contribution is 5.87. The van der Waals surface area contributed by atoms with Gasteiger partial charge in [0.25, 0.3) is 0 Å². The normalized spacial score (nSPS) is 19.1. The molecule has 4 rings (SSSR count). The largest absolute Gasteiger partial charge is 0.342 e. The van der Waals surface area contributed by atoms with Gasteiger partial charge in [-0.25, -0.2) is 0 Å². The van der Waals surface area contributed by atoms with E-state index in [-0.39, 0.29) is 11.8 Å². The van der Waals surface area contributed by atoms with E-state index in [4.69, 9.17) is 0 Å². The first-order chi connectivity index (χ1) is 14.2. The van der Waals surface area contributed by atoms with Crippen LogP contribution >= 0.6 is 0 Å². The lowest BCUT2D eigenvalue weighted by Crippen LogP contribution is -2.42. The lowest BCUT2D eigenvalue weighted by Gasteiger charge is -2.37. The van der Waals surface area contributed by atoms with E-state index in [1.165, 1.54) is 5.56 Å². The van der Waals surface area contributed by atoms with Gasteiger partial charge in [-0.15, -0.1) is 0 Å². The number of aromatic nitrogens is 2. The van der Waals surface area contributed by atoms with E-state index in [2.05, 4.69) is 23.0 Å². The molecule has 1 fully saturated rings. The molecule has 0 radical (unpaired) electrons. The fourth-order valence-corrected chi connectivity index (χ4v) is 4.38. The van der Waals surface area contributed by atoms with Crippen molar-refractivity contribution in [3.63, 3.8) is 0 Å². The maximum atomic E-state index is 12.9. The van der Waals surface area contributed by atoms with E-state index in [1.807, 2.05) is 47.5 Å². The number of carbonyl (C=O) groups excluding carboxylic acids is 1. The second-order valence-corrected chi connectivity index (χ2v) is 7.91. The quantitative estimate of drug-likeness (QED) is 0.679. The summed E-state index contributed by atoms with van der Waals surface area (Å²) < 4.78 is 0. The van der Waals surface area contributed by atoms with Crippen LogP contribution in [-0.4, -0.2) is 33.9 Å². The first-order valence-electron chi connectivity index (χ1n) is 10.1. The van der Waals surface area contributed by atoms with Crippen LogP contribution in [0.25, 0.3) is 10.9 Å². The van der Waals surface area contributed by atoms with E-state index in [1.54, 1.807) is 12.4 Å². The monoisotopic (exact) mass is 384 g/mol. The molecule has 3 aromatic rings. The van der Waals surface area contributed by atoms with Crippen LogP contribution in [0.1, 0.15) is 42.4 Å². The van der Waals surface area contributed by atoms with E-state index in [9.17, 15) is 10.1 Å². The summed E-state index contributed by atoms with van der Waals surface area (Å²) in [5, 5.41) is 10.4. The van der Waals surface area contributed by atoms with Gasteiger partial charge in [0.05, 0.1) is 11.1 Å². The first-order valence-corrected chi connectivity index (χ1v) is 10.1. The number of carbonyl (C=O) groups is 1. The Bertz CT molecular complexity index is 1060. The average molecular weight is 384 g/mol. The second-order valence-electron chi connectivity index (χ2n) is 7.91. The van der Waals surface area contributed by atoms with Crippen LogP contribution in [0.4, 0.5) is 0 Å². The molecule has 1 amide bonds. The molecule has 5 nitrogen and oxygen atoms in total. The van der Waals surface area contributed by atoms with Crippen molar-refractivity contribution in [2.45, 2.75) is 32.1 Å². The van der Waals surface area contributed by atoms with Gasteiger partial charge in [-0.1, -0.05) is 25.1 Å². The van der Waals surface area contributed by atoms with Crippen molar-refractivity contribution in [1.82, 2.24) is 14.9 Å².